The van der Waals surface area contributed by atoms with Crippen molar-refractivity contribution in [2.24, 2.45) is 0 Å². The van der Waals surface area contributed by atoms with Crippen molar-refractivity contribution in [3.05, 3.63) is 96.2 Å². The van der Waals surface area contributed by atoms with Crippen LogP contribution in [0, 0.1) is 0 Å². The molecule has 15 nitrogen and oxygen atoms in total. The van der Waals surface area contributed by atoms with Gasteiger partial charge in [-0.3, -0.25) is 4.79 Å². The topological polar surface area (TPSA) is 185 Å². The summed E-state index contributed by atoms with van der Waals surface area (Å²) in [6.45, 7) is 7.79. The van der Waals surface area contributed by atoms with Crippen LogP contribution in [0.25, 0.3) is 10.8 Å². The highest BCUT2D eigenvalue weighted by Gasteiger charge is 2.22. The normalized spacial score (nSPS) is 11.7. The number of aromatic nitrogens is 1. The lowest BCUT2D eigenvalue weighted by molar-refractivity contribution is 0.0338. The van der Waals surface area contributed by atoms with Crippen molar-refractivity contribution < 1.29 is 37.9 Å². The number of benzene rings is 4. The quantitative estimate of drug-likeness (QED) is 0.0461. The summed E-state index contributed by atoms with van der Waals surface area (Å²) in [5, 5.41) is 22.4. The van der Waals surface area contributed by atoms with E-state index >= 15 is 0 Å². The molecule has 0 bridgehead atoms. The SMILES string of the molecule is COc1c(NC(=O)Nc2ccc(Oc3ccnc(Nc4ccc(C(=O)NCCOCCOCCO)c(N(C)C)c4)c3)c3ccccc23)cc(C(C)(C)C)cc1NS(C)=O. The molecule has 59 heavy (non-hydrogen) atoms. The van der Waals surface area contributed by atoms with Crippen LogP contribution in [0.4, 0.5) is 39.0 Å². The summed E-state index contributed by atoms with van der Waals surface area (Å²) in [5.41, 5.74) is 4.07. The van der Waals surface area contributed by atoms with E-state index < -0.39 is 17.0 Å². The first-order valence-electron chi connectivity index (χ1n) is 19.0. The Bertz CT molecular complexity index is 2260. The molecule has 0 radical (unpaired) electrons. The highest BCUT2D eigenvalue weighted by Crippen LogP contribution is 2.40. The van der Waals surface area contributed by atoms with E-state index in [4.69, 9.17) is 24.1 Å². The highest BCUT2D eigenvalue weighted by atomic mass is 32.2. The van der Waals surface area contributed by atoms with E-state index in [2.05, 4.69) is 51.7 Å². The number of hydrogen-bond donors (Lipinski definition) is 6. The molecule has 6 N–H and O–H groups in total. The van der Waals surface area contributed by atoms with Crippen molar-refractivity contribution in [2.45, 2.75) is 26.2 Å². The molecule has 1 unspecified atom stereocenters. The molecule has 0 saturated carbocycles. The molecule has 0 aliphatic heterocycles. The van der Waals surface area contributed by atoms with E-state index in [0.29, 0.717) is 77.7 Å². The number of hydrogen-bond acceptors (Lipinski definition) is 11. The van der Waals surface area contributed by atoms with Gasteiger partial charge in [-0.25, -0.2) is 14.0 Å². The molecule has 314 valence electrons. The monoisotopic (exact) mass is 827 g/mol. The van der Waals surface area contributed by atoms with E-state index in [1.807, 2.05) is 67.5 Å². The third kappa shape index (κ3) is 12.3. The van der Waals surface area contributed by atoms with Gasteiger partial charge in [0.2, 0.25) is 0 Å². The third-order valence-corrected chi connectivity index (χ3v) is 9.40. The number of nitrogens with zero attached hydrogens (tertiary/aromatic N) is 2. The number of methoxy groups -OCH3 is 1. The molecule has 16 heteroatoms. The van der Waals surface area contributed by atoms with E-state index in [0.717, 1.165) is 22.0 Å². The van der Waals surface area contributed by atoms with Crippen LogP contribution in [0.5, 0.6) is 17.2 Å². The summed E-state index contributed by atoms with van der Waals surface area (Å²) in [5.74, 6) is 1.75. The molecular formula is C43H53N7O8S. The number of carbonyl (C=O) groups is 2. The van der Waals surface area contributed by atoms with E-state index in [1.165, 1.54) is 13.4 Å². The first kappa shape index (κ1) is 44.2. The van der Waals surface area contributed by atoms with Gasteiger partial charge >= 0.3 is 6.03 Å². The number of fused-ring (bicyclic) bond motifs is 1. The number of aliphatic hydroxyl groups excluding tert-OH is 1. The van der Waals surface area contributed by atoms with Gasteiger partial charge in [0.15, 0.2) is 5.75 Å². The fourth-order valence-electron chi connectivity index (χ4n) is 6.06. The first-order chi connectivity index (χ1) is 28.3. The lowest BCUT2D eigenvalue weighted by atomic mass is 9.86. The summed E-state index contributed by atoms with van der Waals surface area (Å²) in [7, 11) is 3.86. The molecule has 0 saturated heterocycles. The van der Waals surface area contributed by atoms with Crippen LogP contribution < -0.4 is 40.4 Å². The molecule has 0 aliphatic rings. The number of rotatable bonds is 19. The summed E-state index contributed by atoms with van der Waals surface area (Å²) in [6.07, 6.45) is 3.16. The zero-order valence-electron chi connectivity index (χ0n) is 34.4. The molecule has 1 heterocycles. The van der Waals surface area contributed by atoms with Crippen molar-refractivity contribution in [3.8, 4) is 17.2 Å². The summed E-state index contributed by atoms with van der Waals surface area (Å²) < 4.78 is 37.7. The number of ether oxygens (including phenoxy) is 4. The second-order valence-corrected chi connectivity index (χ2v) is 15.7. The van der Waals surface area contributed by atoms with Crippen molar-refractivity contribution in [1.29, 1.82) is 0 Å². The van der Waals surface area contributed by atoms with Gasteiger partial charge in [-0.1, -0.05) is 45.0 Å². The average Bonchev–Trinajstić information content (AvgIpc) is 3.19. The minimum Gasteiger partial charge on any atom is -0.492 e. The fourth-order valence-corrected chi connectivity index (χ4v) is 6.52. The van der Waals surface area contributed by atoms with E-state index in [-0.39, 0.29) is 24.5 Å². The molecule has 0 spiro atoms. The van der Waals surface area contributed by atoms with E-state index in [9.17, 15) is 13.8 Å². The highest BCUT2D eigenvalue weighted by molar-refractivity contribution is 7.85. The standard InChI is InChI=1S/C43H53N7O8S/c1-43(2,3)28-24-35(40(55-6)36(25-28)49-59(7)54)48-42(53)47-34-14-15-38(32-11-9-8-10-31(32)34)58-30-16-17-44-39(27-30)46-29-12-13-33(37(26-29)50(4)5)41(52)45-18-20-56-22-23-57-21-19-51/h8-17,24-27,49,51H,18-23H2,1-7H3,(H,44,46)(H,45,52)(H2,47,48,53). The molecule has 1 atom stereocenters. The van der Waals surface area contributed by atoms with Crippen LogP contribution in [0.1, 0.15) is 36.7 Å². The first-order valence-corrected chi connectivity index (χ1v) is 20.5. The summed E-state index contributed by atoms with van der Waals surface area (Å²) in [6, 6.07) is 23.3. The molecule has 3 amide bonds. The maximum Gasteiger partial charge on any atom is 0.323 e. The van der Waals surface area contributed by atoms with Crippen LogP contribution in [-0.2, 0) is 25.9 Å². The number of amides is 3. The molecule has 0 aliphatic carbocycles. The predicted octanol–water partition coefficient (Wildman–Crippen LogP) is 7.25. The maximum atomic E-state index is 13.5. The lowest BCUT2D eigenvalue weighted by Gasteiger charge is -2.24. The zero-order chi connectivity index (χ0) is 42.5. The summed E-state index contributed by atoms with van der Waals surface area (Å²) >= 11 is 0. The Hall–Kier alpha value is -5.94. The Kier molecular flexibility index (Phi) is 15.5. The van der Waals surface area contributed by atoms with Crippen LogP contribution in [0.3, 0.4) is 0 Å². The number of anilines is 6. The Balaban J connectivity index is 1.28. The third-order valence-electron chi connectivity index (χ3n) is 8.89. The molecule has 5 rings (SSSR count). The Morgan fingerprint density at radius 3 is 2.25 bits per heavy atom. The smallest absolute Gasteiger partial charge is 0.323 e. The molecular weight excluding hydrogens is 775 g/mol. The lowest BCUT2D eigenvalue weighted by Crippen LogP contribution is -2.29. The predicted molar refractivity (Wildman–Crippen MR) is 235 cm³/mol. The largest absolute Gasteiger partial charge is 0.492 e. The minimum absolute atomic E-state index is 0.0360. The Morgan fingerprint density at radius 1 is 0.847 bits per heavy atom. The van der Waals surface area contributed by atoms with Crippen LogP contribution >= 0.6 is 0 Å². The molecule has 4 aromatic carbocycles. The van der Waals surface area contributed by atoms with Crippen molar-refractivity contribution in [3.63, 3.8) is 0 Å². The van der Waals surface area contributed by atoms with Crippen molar-refractivity contribution >= 4 is 68.0 Å². The van der Waals surface area contributed by atoms with E-state index in [1.54, 1.807) is 36.5 Å². The number of carbonyl (C=O) groups excluding carboxylic acids is 2. The van der Waals surface area contributed by atoms with Gasteiger partial charge in [0.25, 0.3) is 5.91 Å². The van der Waals surface area contributed by atoms with Crippen LogP contribution in [-0.4, -0.2) is 93.3 Å². The number of aliphatic hydroxyl groups is 1. The van der Waals surface area contributed by atoms with Gasteiger partial charge in [0, 0.05) is 55.6 Å². The van der Waals surface area contributed by atoms with Gasteiger partial charge in [-0.05, 0) is 59.5 Å². The Labute approximate surface area is 347 Å². The van der Waals surface area contributed by atoms with Gasteiger partial charge < -0.3 is 54.9 Å². The zero-order valence-corrected chi connectivity index (χ0v) is 35.2. The van der Waals surface area contributed by atoms with Crippen molar-refractivity contribution in [2.75, 3.05) is 92.6 Å². The summed E-state index contributed by atoms with van der Waals surface area (Å²) in [4.78, 5) is 32.9. The number of urea groups is 1. The van der Waals surface area contributed by atoms with Gasteiger partial charge in [-0.15, -0.1) is 0 Å². The van der Waals surface area contributed by atoms with Gasteiger partial charge in [0.1, 0.15) is 28.3 Å². The molecule has 0 fully saturated rings. The molecule has 5 aromatic rings. The van der Waals surface area contributed by atoms with Crippen molar-refractivity contribution in [1.82, 2.24) is 10.3 Å². The second-order valence-electron chi connectivity index (χ2n) is 14.6. The fraction of sp³-hybridized carbons (Fsp3) is 0.326. The van der Waals surface area contributed by atoms with Gasteiger partial charge in [0.05, 0.1) is 68.5 Å². The van der Waals surface area contributed by atoms with Crippen LogP contribution in [0.2, 0.25) is 0 Å². The maximum absolute atomic E-state index is 13.5. The second kappa shape index (κ2) is 20.7. The van der Waals surface area contributed by atoms with Gasteiger partial charge in [-0.2, -0.15) is 0 Å². The molecule has 1 aromatic heterocycles. The van der Waals surface area contributed by atoms with Crippen LogP contribution in [0.15, 0.2) is 85.1 Å². The number of pyridine rings is 1. The Morgan fingerprint density at radius 2 is 1.56 bits per heavy atom. The minimum atomic E-state index is -1.37. The number of nitrogens with one attached hydrogen (secondary N) is 5. The average molecular weight is 828 g/mol.